The molecule has 1 amide bonds. The first kappa shape index (κ1) is 16.4. The summed E-state index contributed by atoms with van der Waals surface area (Å²) in [6.07, 6.45) is 1.58. The number of aliphatic hydroxyl groups is 1. The van der Waals surface area contributed by atoms with Crippen molar-refractivity contribution in [1.82, 2.24) is 24.9 Å². The highest BCUT2D eigenvalue weighted by molar-refractivity contribution is 5.90. The van der Waals surface area contributed by atoms with Crippen molar-refractivity contribution < 1.29 is 9.90 Å². The van der Waals surface area contributed by atoms with Crippen LogP contribution in [-0.2, 0) is 0 Å². The fraction of sp³-hybridized carbons (Fsp3) is 0.600. The van der Waals surface area contributed by atoms with Gasteiger partial charge in [-0.05, 0) is 32.8 Å². The molecule has 0 aliphatic carbocycles. The van der Waals surface area contributed by atoms with Crippen molar-refractivity contribution in [2.75, 3.05) is 13.2 Å². The minimum atomic E-state index is -0.345. The number of amides is 1. The van der Waals surface area contributed by atoms with Gasteiger partial charge in [-0.3, -0.25) is 4.79 Å². The van der Waals surface area contributed by atoms with Crippen LogP contribution in [0.25, 0.3) is 5.78 Å². The Labute approximate surface area is 129 Å². The van der Waals surface area contributed by atoms with Gasteiger partial charge in [0.2, 0.25) is 5.82 Å². The van der Waals surface area contributed by atoms with E-state index in [0.29, 0.717) is 12.3 Å². The summed E-state index contributed by atoms with van der Waals surface area (Å²) in [7, 11) is 0. The third kappa shape index (κ3) is 3.09. The van der Waals surface area contributed by atoms with Crippen LogP contribution < -0.4 is 5.32 Å². The van der Waals surface area contributed by atoms with Crippen LogP contribution in [0, 0.1) is 19.3 Å². The van der Waals surface area contributed by atoms with Crippen LogP contribution in [0.2, 0.25) is 0 Å². The van der Waals surface area contributed by atoms with E-state index in [2.05, 4.69) is 20.4 Å². The average molecular weight is 305 g/mol. The first-order valence-corrected chi connectivity index (χ1v) is 7.54. The van der Waals surface area contributed by atoms with Crippen molar-refractivity contribution in [3.63, 3.8) is 0 Å². The molecule has 0 unspecified atom stereocenters. The molecule has 0 spiro atoms. The molecule has 0 aromatic carbocycles. The molecule has 0 saturated heterocycles. The molecule has 0 aliphatic rings. The Kier molecular flexibility index (Phi) is 4.75. The van der Waals surface area contributed by atoms with E-state index < -0.39 is 0 Å². The number of rotatable bonds is 6. The second-order valence-electron chi connectivity index (χ2n) is 5.73. The first-order valence-electron chi connectivity index (χ1n) is 7.54. The van der Waals surface area contributed by atoms with E-state index in [1.54, 1.807) is 4.52 Å². The van der Waals surface area contributed by atoms with E-state index in [1.165, 1.54) is 0 Å². The third-order valence-corrected chi connectivity index (χ3v) is 4.28. The Morgan fingerprint density at radius 1 is 1.32 bits per heavy atom. The lowest BCUT2D eigenvalue weighted by Gasteiger charge is -2.29. The summed E-state index contributed by atoms with van der Waals surface area (Å²) in [6.45, 7) is 8.22. The summed E-state index contributed by atoms with van der Waals surface area (Å²) in [4.78, 5) is 20.7. The molecule has 0 bridgehead atoms. The van der Waals surface area contributed by atoms with Crippen molar-refractivity contribution >= 4 is 11.7 Å². The molecule has 0 fully saturated rings. The summed E-state index contributed by atoms with van der Waals surface area (Å²) in [6, 6.07) is 1.88. The van der Waals surface area contributed by atoms with E-state index in [9.17, 15) is 9.90 Å². The summed E-state index contributed by atoms with van der Waals surface area (Å²) < 4.78 is 1.56. The third-order valence-electron chi connectivity index (χ3n) is 4.28. The molecule has 2 rings (SSSR count). The van der Waals surface area contributed by atoms with Gasteiger partial charge in [-0.1, -0.05) is 13.8 Å². The minimum Gasteiger partial charge on any atom is -0.396 e. The molecule has 0 aliphatic heterocycles. The van der Waals surface area contributed by atoms with Crippen molar-refractivity contribution in [3.05, 3.63) is 23.3 Å². The molecule has 0 atom stereocenters. The molecule has 7 heteroatoms. The molecule has 22 heavy (non-hydrogen) atoms. The Morgan fingerprint density at radius 3 is 2.59 bits per heavy atom. The van der Waals surface area contributed by atoms with Crippen molar-refractivity contribution in [2.24, 2.45) is 5.41 Å². The van der Waals surface area contributed by atoms with Gasteiger partial charge >= 0.3 is 0 Å². The van der Waals surface area contributed by atoms with E-state index in [0.717, 1.165) is 24.2 Å². The number of carbonyl (C=O) groups excluding carboxylic acids is 1. The van der Waals surface area contributed by atoms with Crippen LogP contribution in [0.4, 0.5) is 0 Å². The zero-order chi connectivity index (χ0) is 16.3. The Morgan fingerprint density at radius 2 is 2.00 bits per heavy atom. The number of carbonyl (C=O) groups is 1. The second-order valence-corrected chi connectivity index (χ2v) is 5.73. The molecule has 0 saturated carbocycles. The number of hydrogen-bond acceptors (Lipinski definition) is 5. The largest absolute Gasteiger partial charge is 0.396 e. The number of aromatic nitrogens is 4. The van der Waals surface area contributed by atoms with Gasteiger partial charge in [0.15, 0.2) is 0 Å². The van der Waals surface area contributed by atoms with E-state index in [4.69, 9.17) is 0 Å². The molecule has 2 N–H and O–H groups in total. The summed E-state index contributed by atoms with van der Waals surface area (Å²) >= 11 is 0. The van der Waals surface area contributed by atoms with Crippen LogP contribution in [0.3, 0.4) is 0 Å². The minimum absolute atomic E-state index is 0.0404. The van der Waals surface area contributed by atoms with Gasteiger partial charge in [0.05, 0.1) is 6.61 Å². The fourth-order valence-electron chi connectivity index (χ4n) is 2.39. The first-order chi connectivity index (χ1) is 10.4. The van der Waals surface area contributed by atoms with E-state index in [-0.39, 0.29) is 23.8 Å². The van der Waals surface area contributed by atoms with Crippen LogP contribution >= 0.6 is 0 Å². The molecular formula is C15H23N5O2. The Balaban J connectivity index is 2.18. The van der Waals surface area contributed by atoms with Crippen LogP contribution in [-0.4, -0.2) is 43.7 Å². The number of nitrogens with zero attached hydrogens (tertiary/aromatic N) is 4. The average Bonchev–Trinajstić information content (AvgIpc) is 2.93. The molecule has 2 aromatic heterocycles. The number of nitrogens with one attached hydrogen (secondary N) is 1. The maximum absolute atomic E-state index is 12.2. The number of aliphatic hydroxyl groups excluding tert-OH is 1. The topological polar surface area (TPSA) is 92.4 Å². The summed E-state index contributed by atoms with van der Waals surface area (Å²) in [5.41, 5.74) is 1.42. The molecule has 120 valence electrons. The van der Waals surface area contributed by atoms with Gasteiger partial charge in [-0.15, -0.1) is 5.10 Å². The zero-order valence-corrected chi connectivity index (χ0v) is 13.6. The van der Waals surface area contributed by atoms with Crippen molar-refractivity contribution in [3.8, 4) is 0 Å². The monoisotopic (exact) mass is 305 g/mol. The predicted molar refractivity (Wildman–Crippen MR) is 82.7 cm³/mol. The lowest BCUT2D eigenvalue weighted by Crippen LogP contribution is -2.39. The molecular weight excluding hydrogens is 282 g/mol. The molecule has 7 nitrogen and oxygen atoms in total. The summed E-state index contributed by atoms with van der Waals surface area (Å²) in [5.74, 6) is 0.171. The van der Waals surface area contributed by atoms with Crippen molar-refractivity contribution in [1.29, 1.82) is 0 Å². The highest BCUT2D eigenvalue weighted by Gasteiger charge is 2.26. The highest BCUT2D eigenvalue weighted by Crippen LogP contribution is 2.24. The zero-order valence-electron chi connectivity index (χ0n) is 13.6. The number of hydrogen-bond donors (Lipinski definition) is 2. The Hall–Kier alpha value is -2.02. The SMILES string of the molecule is CCC(CC)(CO)CNC(=O)c1nc2nc(C)cc(C)n2n1. The van der Waals surface area contributed by atoms with E-state index in [1.807, 2.05) is 33.8 Å². The maximum Gasteiger partial charge on any atom is 0.291 e. The number of aryl methyl sites for hydroxylation is 2. The van der Waals surface area contributed by atoms with Crippen molar-refractivity contribution in [2.45, 2.75) is 40.5 Å². The normalized spacial score (nSPS) is 11.9. The number of fused-ring (bicyclic) bond motifs is 1. The van der Waals surface area contributed by atoms with E-state index >= 15 is 0 Å². The fourth-order valence-corrected chi connectivity index (χ4v) is 2.39. The smallest absolute Gasteiger partial charge is 0.291 e. The highest BCUT2D eigenvalue weighted by atomic mass is 16.3. The van der Waals surface area contributed by atoms with Gasteiger partial charge in [0.25, 0.3) is 11.7 Å². The lowest BCUT2D eigenvalue weighted by atomic mass is 9.83. The standard InChI is InChI=1S/C15H23N5O2/c1-5-15(6-2,9-21)8-16-13(22)12-18-14-17-10(3)7-11(4)20(14)19-12/h7,21H,5-6,8-9H2,1-4H3,(H,16,22). The van der Waals surface area contributed by atoms with Crippen LogP contribution in [0.5, 0.6) is 0 Å². The molecule has 2 heterocycles. The molecule has 2 aromatic rings. The lowest BCUT2D eigenvalue weighted by molar-refractivity contribution is 0.0842. The van der Waals surface area contributed by atoms with Crippen LogP contribution in [0.15, 0.2) is 6.07 Å². The molecule has 0 radical (unpaired) electrons. The van der Waals surface area contributed by atoms with Gasteiger partial charge in [-0.25, -0.2) is 9.50 Å². The van der Waals surface area contributed by atoms with Gasteiger partial charge < -0.3 is 10.4 Å². The quantitative estimate of drug-likeness (QED) is 0.838. The van der Waals surface area contributed by atoms with Gasteiger partial charge in [-0.2, -0.15) is 4.98 Å². The predicted octanol–water partition coefficient (Wildman–Crippen LogP) is 1.27. The second kappa shape index (κ2) is 6.39. The van der Waals surface area contributed by atoms with Crippen LogP contribution in [0.1, 0.15) is 48.7 Å². The summed E-state index contributed by atoms with van der Waals surface area (Å²) in [5, 5.41) is 16.6. The Bertz CT molecular complexity index is 668. The maximum atomic E-state index is 12.2. The van der Waals surface area contributed by atoms with Gasteiger partial charge in [0, 0.05) is 23.3 Å². The van der Waals surface area contributed by atoms with Gasteiger partial charge in [0.1, 0.15) is 0 Å².